The molecule has 0 radical (unpaired) electrons. The summed E-state index contributed by atoms with van der Waals surface area (Å²) >= 11 is 0. The van der Waals surface area contributed by atoms with E-state index in [0.29, 0.717) is 0 Å². The third kappa shape index (κ3) is 13.3. The van der Waals surface area contributed by atoms with Crippen LogP contribution in [0, 0.1) is 17.8 Å². The van der Waals surface area contributed by atoms with Crippen LogP contribution >= 0.6 is 0 Å². The highest BCUT2D eigenvalue weighted by atomic mass is 14.2. The number of fused-ring (bicyclic) bond motifs is 2. The molecule has 0 saturated heterocycles. The Morgan fingerprint density at radius 3 is 1.59 bits per heavy atom. The third-order valence-electron chi connectivity index (χ3n) is 9.45. The van der Waals surface area contributed by atoms with Crippen molar-refractivity contribution in [3.63, 3.8) is 0 Å². The van der Waals surface area contributed by atoms with Gasteiger partial charge in [0.2, 0.25) is 0 Å². The first kappa shape index (κ1) is 42.2. The van der Waals surface area contributed by atoms with E-state index in [1.54, 1.807) is 11.1 Å². The van der Waals surface area contributed by atoms with E-state index in [9.17, 15) is 0 Å². The van der Waals surface area contributed by atoms with Crippen LogP contribution in [0.4, 0.5) is 0 Å². The van der Waals surface area contributed by atoms with Crippen LogP contribution in [0.15, 0.2) is 42.5 Å². The Bertz CT molecular complexity index is 1130. The molecule has 0 saturated carbocycles. The van der Waals surface area contributed by atoms with Crippen LogP contribution in [-0.2, 0) is 18.3 Å². The summed E-state index contributed by atoms with van der Waals surface area (Å²) in [4.78, 5) is 0. The Balaban J connectivity index is 0.00000290. The van der Waals surface area contributed by atoms with Gasteiger partial charge in [0, 0.05) is 0 Å². The molecule has 3 unspecified atom stereocenters. The molecule has 0 heterocycles. The molecular weight excluding hydrogens is 528 g/mol. The number of unbranched alkanes of at least 4 members (excludes halogenated alkanes) is 2. The Kier molecular flexibility index (Phi) is 22.5. The lowest BCUT2D eigenvalue weighted by molar-refractivity contribution is 0.407. The van der Waals surface area contributed by atoms with Crippen LogP contribution in [0.5, 0.6) is 0 Å². The molecule has 0 aromatic heterocycles. The Morgan fingerprint density at radius 2 is 1.07 bits per heavy atom. The van der Waals surface area contributed by atoms with Crippen molar-refractivity contribution in [3.05, 3.63) is 59.2 Å². The molecule has 0 amide bonds. The first-order valence-corrected chi connectivity index (χ1v) is 19.2. The molecular formula is C44H76. The normalized spacial score (nSPS) is 13.1. The van der Waals surface area contributed by atoms with Gasteiger partial charge in [-0.15, -0.1) is 0 Å². The van der Waals surface area contributed by atoms with Crippen molar-refractivity contribution in [1.29, 1.82) is 0 Å². The molecule has 0 fully saturated rings. The number of benzene rings is 3. The van der Waals surface area contributed by atoms with E-state index >= 15 is 0 Å². The molecule has 3 atom stereocenters. The second kappa shape index (κ2) is 23.5. The van der Waals surface area contributed by atoms with Crippen LogP contribution in [0.1, 0.15) is 178 Å². The van der Waals surface area contributed by atoms with Crippen molar-refractivity contribution in [1.82, 2.24) is 0 Å². The van der Waals surface area contributed by atoms with Gasteiger partial charge < -0.3 is 0 Å². The minimum Gasteiger partial charge on any atom is -0.0683 e. The fourth-order valence-corrected chi connectivity index (χ4v) is 6.25. The van der Waals surface area contributed by atoms with E-state index in [2.05, 4.69) is 97.9 Å². The average molecular weight is 605 g/mol. The van der Waals surface area contributed by atoms with E-state index in [4.69, 9.17) is 0 Å². The number of rotatable bonds is 15. The van der Waals surface area contributed by atoms with Gasteiger partial charge in [-0.1, -0.05) is 191 Å². The molecule has 0 heteroatoms. The highest BCUT2D eigenvalue weighted by Crippen LogP contribution is 2.38. The molecule has 252 valence electrons. The fraction of sp³-hybridized carbons (Fsp3) is 0.682. The van der Waals surface area contributed by atoms with Gasteiger partial charge in [-0.3, -0.25) is 0 Å². The smallest absolute Gasteiger partial charge is 0.0132 e. The molecule has 3 aromatic carbocycles. The van der Waals surface area contributed by atoms with Crippen molar-refractivity contribution < 1.29 is 0 Å². The quantitative estimate of drug-likeness (QED) is 0.120. The molecule has 0 nitrogen and oxygen atoms in total. The lowest BCUT2D eigenvalue weighted by Crippen LogP contribution is -2.11. The number of hydrogen-bond donors (Lipinski definition) is 0. The Labute approximate surface area is 277 Å². The zero-order valence-corrected chi connectivity index (χ0v) is 32.3. The molecule has 44 heavy (non-hydrogen) atoms. The van der Waals surface area contributed by atoms with Gasteiger partial charge in [-0.25, -0.2) is 0 Å². The fourth-order valence-electron chi connectivity index (χ4n) is 6.25. The van der Waals surface area contributed by atoms with Crippen molar-refractivity contribution in [3.8, 4) is 0 Å². The van der Waals surface area contributed by atoms with E-state index in [-0.39, 0.29) is 5.41 Å². The third-order valence-corrected chi connectivity index (χ3v) is 9.45. The van der Waals surface area contributed by atoms with Crippen molar-refractivity contribution in [2.24, 2.45) is 17.8 Å². The zero-order valence-electron chi connectivity index (χ0n) is 32.3. The zero-order chi connectivity index (χ0) is 33.7. The number of hydrogen-bond acceptors (Lipinski definition) is 0. The monoisotopic (exact) mass is 605 g/mol. The van der Waals surface area contributed by atoms with Crippen LogP contribution in [0.2, 0.25) is 0 Å². The molecule has 3 aromatic rings. The van der Waals surface area contributed by atoms with Crippen LogP contribution in [0.3, 0.4) is 0 Å². The van der Waals surface area contributed by atoms with E-state index in [1.807, 2.05) is 41.5 Å². The van der Waals surface area contributed by atoms with E-state index in [0.717, 1.165) is 17.8 Å². The summed E-state index contributed by atoms with van der Waals surface area (Å²) in [5, 5.41) is 6.06. The number of aryl methyl sites for hydroxylation is 2. The van der Waals surface area contributed by atoms with E-state index in [1.165, 1.54) is 104 Å². The van der Waals surface area contributed by atoms with Gasteiger partial charge in [0.15, 0.2) is 0 Å². The first-order chi connectivity index (χ1) is 21.2. The van der Waals surface area contributed by atoms with Crippen LogP contribution < -0.4 is 0 Å². The topological polar surface area (TPSA) is 0 Å². The van der Waals surface area contributed by atoms with Crippen LogP contribution in [0.25, 0.3) is 21.5 Å². The van der Waals surface area contributed by atoms with Gasteiger partial charge in [0.1, 0.15) is 0 Å². The highest BCUT2D eigenvalue weighted by molar-refractivity contribution is 6.06. The SMILES string of the molecule is CC.CC.CC.CCCCCC(CC)CCc1c2ccccc2c(CCC(C)CCC(C)CC)c2ccc(C(C)(C)C)cc12. The van der Waals surface area contributed by atoms with Gasteiger partial charge in [-0.05, 0) is 87.1 Å². The summed E-state index contributed by atoms with van der Waals surface area (Å²) in [5.74, 6) is 2.47. The first-order valence-electron chi connectivity index (χ1n) is 19.2. The van der Waals surface area contributed by atoms with Gasteiger partial charge >= 0.3 is 0 Å². The summed E-state index contributed by atoms with van der Waals surface area (Å²) in [6.07, 6.45) is 15.8. The van der Waals surface area contributed by atoms with Crippen molar-refractivity contribution >= 4 is 21.5 Å². The maximum atomic E-state index is 2.56. The van der Waals surface area contributed by atoms with E-state index < -0.39 is 0 Å². The second-order valence-corrected chi connectivity index (χ2v) is 13.6. The molecule has 0 N–H and O–H groups in total. The maximum absolute atomic E-state index is 2.56. The van der Waals surface area contributed by atoms with Crippen LogP contribution in [-0.4, -0.2) is 0 Å². The summed E-state index contributed by atoms with van der Waals surface area (Å²) in [6, 6.07) is 16.8. The molecule has 0 aliphatic rings. The maximum Gasteiger partial charge on any atom is -0.0132 e. The second-order valence-electron chi connectivity index (χ2n) is 13.6. The average Bonchev–Trinajstić information content (AvgIpc) is 3.06. The standard InChI is InChI=1S/C38H58.3C2H6/c1-9-12-13-16-30(11-3)22-25-35-33-18-15-14-17-32(33)34(24-21-29(5)20-19-28(4)10-2)36-26-23-31(27-37(35)36)38(6,7)8;3*1-2/h14-15,17-18,23,26-30H,9-13,16,19-22,24-25H2,1-8H3;3*1-2H3. The summed E-state index contributed by atoms with van der Waals surface area (Å²) in [6.45, 7) is 31.0. The predicted octanol–water partition coefficient (Wildman–Crippen LogP) is 15.3. The van der Waals surface area contributed by atoms with Gasteiger partial charge in [0.05, 0.1) is 0 Å². The predicted molar refractivity (Wildman–Crippen MR) is 207 cm³/mol. The molecule has 0 aliphatic carbocycles. The Hall–Kier alpha value is -1.82. The van der Waals surface area contributed by atoms with Crippen molar-refractivity contribution in [2.75, 3.05) is 0 Å². The molecule has 0 aliphatic heterocycles. The van der Waals surface area contributed by atoms with Crippen molar-refractivity contribution in [2.45, 2.75) is 179 Å². The van der Waals surface area contributed by atoms with Gasteiger partial charge in [0.25, 0.3) is 0 Å². The summed E-state index contributed by atoms with van der Waals surface area (Å²) in [7, 11) is 0. The molecule has 0 bridgehead atoms. The lowest BCUT2D eigenvalue weighted by atomic mass is 9.81. The lowest BCUT2D eigenvalue weighted by Gasteiger charge is -2.24. The minimum atomic E-state index is 0.161. The highest BCUT2D eigenvalue weighted by Gasteiger charge is 2.20. The molecule has 3 rings (SSSR count). The minimum absolute atomic E-state index is 0.161. The largest absolute Gasteiger partial charge is 0.0683 e. The summed E-state index contributed by atoms with van der Waals surface area (Å²) in [5.41, 5.74) is 4.81. The van der Waals surface area contributed by atoms with Gasteiger partial charge in [-0.2, -0.15) is 0 Å². The Morgan fingerprint density at radius 1 is 0.545 bits per heavy atom. The molecule has 0 spiro atoms. The summed E-state index contributed by atoms with van der Waals surface area (Å²) < 4.78 is 0.